The third-order valence-corrected chi connectivity index (χ3v) is 7.12. The number of non-ortho nitro benzene ring substituents is 1. The minimum atomic E-state index is -0.349. The van der Waals surface area contributed by atoms with E-state index in [0.717, 1.165) is 37.3 Å². The number of nitro benzene ring substituents is 1. The molecule has 1 aliphatic carbocycles. The van der Waals surface area contributed by atoms with Crippen molar-refractivity contribution in [2.45, 2.75) is 70.5 Å². The van der Waals surface area contributed by atoms with Crippen LogP contribution in [0.2, 0.25) is 0 Å². The van der Waals surface area contributed by atoms with Crippen molar-refractivity contribution in [1.82, 2.24) is 10.2 Å². The SMILES string of the molecule is CC[C@H](C)NC(=O)[C@H]1Cc2cc([N+](=O)[O-])ccc2N2CCN(C3CCCC3)C[C@H]12. The van der Waals surface area contributed by atoms with Crippen molar-refractivity contribution in [1.29, 1.82) is 0 Å². The van der Waals surface area contributed by atoms with Gasteiger partial charge in [0.1, 0.15) is 0 Å². The molecule has 158 valence electrons. The summed E-state index contributed by atoms with van der Waals surface area (Å²) in [7, 11) is 0. The summed E-state index contributed by atoms with van der Waals surface area (Å²) in [6.07, 6.45) is 6.60. The van der Waals surface area contributed by atoms with Crippen LogP contribution < -0.4 is 10.2 Å². The normalized spacial score (nSPS) is 25.9. The number of nitrogens with one attached hydrogen (secondary N) is 1. The van der Waals surface area contributed by atoms with Crippen LogP contribution in [-0.4, -0.2) is 53.5 Å². The smallest absolute Gasteiger partial charge is 0.269 e. The molecule has 2 fully saturated rings. The molecule has 1 amide bonds. The molecule has 7 nitrogen and oxygen atoms in total. The van der Waals surface area contributed by atoms with E-state index in [1.54, 1.807) is 12.1 Å². The molecule has 0 spiro atoms. The van der Waals surface area contributed by atoms with E-state index in [9.17, 15) is 14.9 Å². The van der Waals surface area contributed by atoms with Gasteiger partial charge in [0.05, 0.1) is 16.9 Å². The first-order valence-corrected chi connectivity index (χ1v) is 11.1. The molecule has 3 aliphatic rings. The van der Waals surface area contributed by atoms with Crippen molar-refractivity contribution >= 4 is 17.3 Å². The monoisotopic (exact) mass is 400 g/mol. The molecule has 1 aromatic carbocycles. The molecule has 0 bridgehead atoms. The van der Waals surface area contributed by atoms with E-state index < -0.39 is 0 Å². The standard InChI is InChI=1S/C22H32N4O3/c1-3-15(2)23-22(27)19-13-16-12-18(26(28)29)8-9-20(16)25-11-10-24(14-21(19)25)17-6-4-5-7-17/h8-9,12,15,17,19,21H,3-7,10-11,13-14H2,1-2H3,(H,23,27)/t15-,19-,21+/m0/s1. The second-order valence-electron chi connectivity index (χ2n) is 8.89. The van der Waals surface area contributed by atoms with Crippen LogP contribution in [0.15, 0.2) is 18.2 Å². The molecule has 7 heteroatoms. The zero-order chi connectivity index (χ0) is 20.5. The first-order chi connectivity index (χ1) is 14.0. The van der Waals surface area contributed by atoms with Crippen LogP contribution in [0.1, 0.15) is 51.5 Å². The average Bonchev–Trinajstić information content (AvgIpc) is 3.27. The number of fused-ring (bicyclic) bond motifs is 3. The van der Waals surface area contributed by atoms with Crippen molar-refractivity contribution in [2.75, 3.05) is 24.5 Å². The van der Waals surface area contributed by atoms with Gasteiger partial charge in [-0.25, -0.2) is 0 Å². The van der Waals surface area contributed by atoms with E-state index in [0.29, 0.717) is 12.5 Å². The van der Waals surface area contributed by atoms with Crippen LogP contribution in [0, 0.1) is 16.0 Å². The minimum Gasteiger partial charge on any atom is -0.365 e. The Morgan fingerprint density at radius 3 is 2.76 bits per heavy atom. The van der Waals surface area contributed by atoms with Crippen LogP contribution in [0.5, 0.6) is 0 Å². The van der Waals surface area contributed by atoms with E-state index >= 15 is 0 Å². The fourth-order valence-electron chi connectivity index (χ4n) is 5.30. The van der Waals surface area contributed by atoms with E-state index in [1.165, 1.54) is 25.7 Å². The minimum absolute atomic E-state index is 0.0831. The van der Waals surface area contributed by atoms with Gasteiger partial charge in [0.25, 0.3) is 5.69 Å². The molecule has 1 saturated heterocycles. The summed E-state index contributed by atoms with van der Waals surface area (Å²) >= 11 is 0. The van der Waals surface area contributed by atoms with Crippen molar-refractivity contribution in [2.24, 2.45) is 5.92 Å². The number of carbonyl (C=O) groups excluding carboxylic acids is 1. The third kappa shape index (κ3) is 3.97. The maximum Gasteiger partial charge on any atom is 0.269 e. The molecule has 2 aliphatic heterocycles. The Labute approximate surface area is 172 Å². The van der Waals surface area contributed by atoms with Gasteiger partial charge in [-0.2, -0.15) is 0 Å². The molecule has 0 aromatic heterocycles. The van der Waals surface area contributed by atoms with E-state index in [-0.39, 0.29) is 34.5 Å². The van der Waals surface area contributed by atoms with Gasteiger partial charge in [-0.05, 0) is 44.2 Å². The summed E-state index contributed by atoms with van der Waals surface area (Å²) in [5, 5.41) is 14.4. The Morgan fingerprint density at radius 2 is 2.07 bits per heavy atom. The molecule has 3 atom stereocenters. The average molecular weight is 401 g/mol. The lowest BCUT2D eigenvalue weighted by atomic mass is 9.82. The van der Waals surface area contributed by atoms with Crippen LogP contribution >= 0.6 is 0 Å². The van der Waals surface area contributed by atoms with E-state index in [1.807, 2.05) is 13.0 Å². The molecular formula is C22H32N4O3. The summed E-state index contributed by atoms with van der Waals surface area (Å²) < 4.78 is 0. The molecule has 0 radical (unpaired) electrons. The van der Waals surface area contributed by atoms with Gasteiger partial charge in [-0.3, -0.25) is 19.8 Å². The molecule has 29 heavy (non-hydrogen) atoms. The van der Waals surface area contributed by atoms with Crippen LogP contribution in [0.4, 0.5) is 11.4 Å². The Morgan fingerprint density at radius 1 is 1.31 bits per heavy atom. The Hall–Kier alpha value is -2.15. The van der Waals surface area contributed by atoms with Gasteiger partial charge in [0.2, 0.25) is 5.91 Å². The summed E-state index contributed by atoms with van der Waals surface area (Å²) in [4.78, 5) is 29.0. The predicted molar refractivity (Wildman–Crippen MR) is 113 cm³/mol. The van der Waals surface area contributed by atoms with Gasteiger partial charge in [0, 0.05) is 49.5 Å². The van der Waals surface area contributed by atoms with Crippen molar-refractivity contribution < 1.29 is 9.72 Å². The highest BCUT2D eigenvalue weighted by Crippen LogP contribution is 2.39. The second kappa shape index (κ2) is 8.30. The summed E-state index contributed by atoms with van der Waals surface area (Å²) in [5.41, 5.74) is 2.10. The number of amides is 1. The van der Waals surface area contributed by atoms with Crippen LogP contribution in [0.25, 0.3) is 0 Å². The number of rotatable bonds is 5. The van der Waals surface area contributed by atoms with E-state index in [4.69, 9.17) is 0 Å². The lowest BCUT2D eigenvalue weighted by Crippen LogP contribution is -2.62. The van der Waals surface area contributed by atoms with Gasteiger partial charge >= 0.3 is 0 Å². The first kappa shape index (κ1) is 20.1. The van der Waals surface area contributed by atoms with Gasteiger partial charge in [-0.15, -0.1) is 0 Å². The fraction of sp³-hybridized carbons (Fsp3) is 0.682. The zero-order valence-electron chi connectivity index (χ0n) is 17.5. The number of piperazine rings is 1. The molecule has 1 aromatic rings. The molecule has 0 unspecified atom stereocenters. The van der Waals surface area contributed by atoms with Crippen molar-refractivity contribution in [3.8, 4) is 0 Å². The topological polar surface area (TPSA) is 78.7 Å². The molecule has 4 rings (SSSR count). The quantitative estimate of drug-likeness (QED) is 0.607. The van der Waals surface area contributed by atoms with Crippen molar-refractivity contribution in [3.63, 3.8) is 0 Å². The molecular weight excluding hydrogens is 368 g/mol. The maximum atomic E-state index is 13.2. The highest BCUT2D eigenvalue weighted by Gasteiger charge is 2.43. The van der Waals surface area contributed by atoms with Crippen LogP contribution in [-0.2, 0) is 11.2 Å². The Kier molecular flexibility index (Phi) is 5.76. The molecule has 2 heterocycles. The largest absolute Gasteiger partial charge is 0.365 e. The maximum absolute atomic E-state index is 13.2. The summed E-state index contributed by atoms with van der Waals surface area (Å²) in [5.74, 6) is -0.0949. The number of anilines is 1. The van der Waals surface area contributed by atoms with Gasteiger partial charge < -0.3 is 10.2 Å². The lowest BCUT2D eigenvalue weighted by molar-refractivity contribution is -0.384. The number of benzene rings is 1. The Balaban J connectivity index is 1.63. The molecule has 1 saturated carbocycles. The Bertz CT molecular complexity index is 777. The first-order valence-electron chi connectivity index (χ1n) is 11.1. The second-order valence-corrected chi connectivity index (χ2v) is 8.89. The summed E-state index contributed by atoms with van der Waals surface area (Å²) in [6, 6.07) is 6.05. The number of carbonyl (C=O) groups is 1. The molecule has 1 N–H and O–H groups in total. The van der Waals surface area contributed by atoms with E-state index in [2.05, 4.69) is 22.0 Å². The van der Waals surface area contributed by atoms with Crippen molar-refractivity contribution in [3.05, 3.63) is 33.9 Å². The number of nitro groups is 1. The number of nitrogens with zero attached hydrogens (tertiary/aromatic N) is 3. The summed E-state index contributed by atoms with van der Waals surface area (Å²) in [6.45, 7) is 6.87. The zero-order valence-corrected chi connectivity index (χ0v) is 17.5. The predicted octanol–water partition coefficient (Wildman–Crippen LogP) is 3.12. The number of hydrogen-bond donors (Lipinski definition) is 1. The van der Waals surface area contributed by atoms with Crippen LogP contribution in [0.3, 0.4) is 0 Å². The fourth-order valence-corrected chi connectivity index (χ4v) is 5.30. The van der Waals surface area contributed by atoms with Gasteiger partial charge in [0.15, 0.2) is 0 Å². The van der Waals surface area contributed by atoms with Gasteiger partial charge in [-0.1, -0.05) is 19.8 Å². The third-order valence-electron chi connectivity index (χ3n) is 7.12. The lowest BCUT2D eigenvalue weighted by Gasteiger charge is -2.50. The number of hydrogen-bond acceptors (Lipinski definition) is 5. The highest BCUT2D eigenvalue weighted by molar-refractivity contribution is 5.82. The highest BCUT2D eigenvalue weighted by atomic mass is 16.6.